The predicted octanol–water partition coefficient (Wildman–Crippen LogP) is 3.46. The first-order valence-electron chi connectivity index (χ1n) is 6.42. The first-order chi connectivity index (χ1) is 9.76. The summed E-state index contributed by atoms with van der Waals surface area (Å²) in [6.07, 6.45) is 0. The van der Waals surface area contributed by atoms with Gasteiger partial charge in [-0.25, -0.2) is 0 Å². The van der Waals surface area contributed by atoms with Gasteiger partial charge in [-0.2, -0.15) is 5.26 Å². The molecule has 0 bridgehead atoms. The van der Waals surface area contributed by atoms with E-state index in [1.54, 1.807) is 6.07 Å². The average Bonchev–Trinajstić information content (AvgIpc) is 2.94. The molecule has 0 radical (unpaired) electrons. The van der Waals surface area contributed by atoms with Gasteiger partial charge in [-0.3, -0.25) is 0 Å². The van der Waals surface area contributed by atoms with Crippen molar-refractivity contribution in [1.29, 1.82) is 5.26 Å². The topological polar surface area (TPSA) is 54.3 Å². The number of nitrogens with one attached hydrogen (secondary N) is 1. The number of anilines is 1. The van der Waals surface area contributed by atoms with Gasteiger partial charge >= 0.3 is 0 Å². The molecule has 0 saturated heterocycles. The molecule has 0 amide bonds. The summed E-state index contributed by atoms with van der Waals surface area (Å²) in [6.45, 7) is 2.35. The van der Waals surface area contributed by atoms with E-state index >= 15 is 0 Å². The van der Waals surface area contributed by atoms with Crippen molar-refractivity contribution in [2.45, 2.75) is 13.0 Å². The average molecular weight is 266 g/mol. The van der Waals surface area contributed by atoms with Gasteiger partial charge < -0.3 is 14.8 Å². The van der Waals surface area contributed by atoms with Crippen LogP contribution in [0.1, 0.15) is 24.1 Å². The number of ether oxygens (including phenoxy) is 2. The van der Waals surface area contributed by atoms with Crippen molar-refractivity contribution < 1.29 is 9.47 Å². The molecule has 1 aliphatic rings. The van der Waals surface area contributed by atoms with E-state index in [1.165, 1.54) is 0 Å². The van der Waals surface area contributed by atoms with Gasteiger partial charge in [-0.1, -0.05) is 12.1 Å². The summed E-state index contributed by atoms with van der Waals surface area (Å²) in [6, 6.07) is 15.6. The maximum Gasteiger partial charge on any atom is 0.231 e. The number of benzene rings is 2. The van der Waals surface area contributed by atoms with Gasteiger partial charge in [0.2, 0.25) is 6.79 Å². The Balaban J connectivity index is 1.79. The van der Waals surface area contributed by atoms with Crippen LogP contribution in [0.5, 0.6) is 11.5 Å². The minimum Gasteiger partial charge on any atom is -0.454 e. The maximum absolute atomic E-state index is 8.91. The van der Waals surface area contributed by atoms with E-state index < -0.39 is 0 Å². The van der Waals surface area contributed by atoms with Gasteiger partial charge in [0.1, 0.15) is 0 Å². The third-order valence-electron chi connectivity index (χ3n) is 3.27. The molecule has 1 aliphatic heterocycles. The summed E-state index contributed by atoms with van der Waals surface area (Å²) in [5, 5.41) is 12.3. The lowest BCUT2D eigenvalue weighted by atomic mass is 10.1. The van der Waals surface area contributed by atoms with Crippen LogP contribution in [0.25, 0.3) is 0 Å². The van der Waals surface area contributed by atoms with Crippen molar-refractivity contribution in [3.63, 3.8) is 0 Å². The molecule has 2 aromatic carbocycles. The number of nitrogens with zero attached hydrogens (tertiary/aromatic N) is 1. The Morgan fingerprint density at radius 2 is 2.00 bits per heavy atom. The zero-order valence-corrected chi connectivity index (χ0v) is 11.1. The normalized spacial score (nSPS) is 13.6. The molecule has 4 heteroatoms. The number of nitriles is 1. The van der Waals surface area contributed by atoms with Crippen LogP contribution in [0, 0.1) is 11.3 Å². The molecule has 0 aliphatic carbocycles. The molecule has 1 atom stereocenters. The van der Waals surface area contributed by atoms with Crippen molar-refractivity contribution in [3.8, 4) is 17.6 Å². The number of rotatable bonds is 3. The summed E-state index contributed by atoms with van der Waals surface area (Å²) in [7, 11) is 0. The van der Waals surface area contributed by atoms with Crippen LogP contribution in [0.4, 0.5) is 5.69 Å². The van der Waals surface area contributed by atoms with E-state index in [0.717, 1.165) is 22.7 Å². The Morgan fingerprint density at radius 1 is 1.15 bits per heavy atom. The second kappa shape index (κ2) is 5.14. The van der Waals surface area contributed by atoms with Gasteiger partial charge in [-0.15, -0.1) is 0 Å². The Bertz CT molecular complexity index is 676. The highest BCUT2D eigenvalue weighted by molar-refractivity contribution is 5.52. The first kappa shape index (κ1) is 12.4. The quantitative estimate of drug-likeness (QED) is 0.924. The molecule has 100 valence electrons. The van der Waals surface area contributed by atoms with E-state index in [2.05, 4.69) is 18.3 Å². The lowest BCUT2D eigenvalue weighted by molar-refractivity contribution is 0.174. The fourth-order valence-corrected chi connectivity index (χ4v) is 2.19. The van der Waals surface area contributed by atoms with E-state index in [9.17, 15) is 0 Å². The second-order valence-corrected chi connectivity index (χ2v) is 4.67. The Hall–Kier alpha value is -2.67. The maximum atomic E-state index is 8.91. The zero-order valence-electron chi connectivity index (χ0n) is 11.1. The molecule has 1 N–H and O–H groups in total. The highest BCUT2D eigenvalue weighted by Crippen LogP contribution is 2.34. The van der Waals surface area contributed by atoms with Crippen LogP contribution in [-0.4, -0.2) is 6.79 Å². The molecule has 0 spiro atoms. The van der Waals surface area contributed by atoms with Crippen LogP contribution < -0.4 is 14.8 Å². The van der Waals surface area contributed by atoms with E-state index in [1.807, 2.05) is 36.4 Å². The molecular weight excluding hydrogens is 252 g/mol. The van der Waals surface area contributed by atoms with E-state index in [-0.39, 0.29) is 12.8 Å². The molecule has 1 unspecified atom stereocenters. The number of hydrogen-bond donors (Lipinski definition) is 1. The van der Waals surface area contributed by atoms with Crippen LogP contribution in [0.2, 0.25) is 0 Å². The van der Waals surface area contributed by atoms with Crippen LogP contribution in [-0.2, 0) is 0 Å². The van der Waals surface area contributed by atoms with Gasteiger partial charge in [-0.05, 0) is 42.8 Å². The van der Waals surface area contributed by atoms with E-state index in [4.69, 9.17) is 14.7 Å². The lowest BCUT2D eigenvalue weighted by Gasteiger charge is -2.16. The molecule has 0 aromatic heterocycles. The number of fused-ring (bicyclic) bond motifs is 1. The van der Waals surface area contributed by atoms with Crippen molar-refractivity contribution in [2.75, 3.05) is 12.1 Å². The summed E-state index contributed by atoms with van der Waals surface area (Å²) >= 11 is 0. The predicted molar refractivity (Wildman–Crippen MR) is 75.8 cm³/mol. The fourth-order valence-electron chi connectivity index (χ4n) is 2.19. The van der Waals surface area contributed by atoms with Gasteiger partial charge in [0.15, 0.2) is 11.5 Å². The van der Waals surface area contributed by atoms with Gasteiger partial charge in [0.25, 0.3) is 0 Å². The summed E-state index contributed by atoms with van der Waals surface area (Å²) in [4.78, 5) is 0. The minimum atomic E-state index is 0.110. The summed E-state index contributed by atoms with van der Waals surface area (Å²) in [5.74, 6) is 1.56. The van der Waals surface area contributed by atoms with Crippen molar-refractivity contribution in [3.05, 3.63) is 53.6 Å². The molecule has 0 fully saturated rings. The highest BCUT2D eigenvalue weighted by Gasteiger charge is 2.15. The third-order valence-corrected chi connectivity index (χ3v) is 3.27. The smallest absolute Gasteiger partial charge is 0.231 e. The lowest BCUT2D eigenvalue weighted by Crippen LogP contribution is -2.06. The van der Waals surface area contributed by atoms with Crippen molar-refractivity contribution in [1.82, 2.24) is 0 Å². The molecule has 4 nitrogen and oxygen atoms in total. The molecule has 1 heterocycles. The third kappa shape index (κ3) is 2.39. The minimum absolute atomic E-state index is 0.110. The SMILES string of the molecule is CC(Nc1cccc(C#N)c1)c1ccc2c(c1)OCO2. The second-order valence-electron chi connectivity index (χ2n) is 4.67. The molecule has 2 aromatic rings. The Labute approximate surface area is 117 Å². The summed E-state index contributed by atoms with van der Waals surface area (Å²) < 4.78 is 10.7. The Kier molecular flexibility index (Phi) is 3.18. The molecule has 3 rings (SSSR count). The highest BCUT2D eigenvalue weighted by atomic mass is 16.7. The van der Waals surface area contributed by atoms with Crippen molar-refractivity contribution >= 4 is 5.69 Å². The molecular formula is C16H14N2O2. The fraction of sp³-hybridized carbons (Fsp3) is 0.188. The first-order valence-corrected chi connectivity index (χ1v) is 6.42. The van der Waals surface area contributed by atoms with Crippen molar-refractivity contribution in [2.24, 2.45) is 0 Å². The Morgan fingerprint density at radius 3 is 2.85 bits per heavy atom. The number of hydrogen-bond acceptors (Lipinski definition) is 4. The zero-order chi connectivity index (χ0) is 13.9. The monoisotopic (exact) mass is 266 g/mol. The van der Waals surface area contributed by atoms with Crippen LogP contribution in [0.3, 0.4) is 0 Å². The van der Waals surface area contributed by atoms with Crippen LogP contribution in [0.15, 0.2) is 42.5 Å². The summed E-state index contributed by atoms with van der Waals surface area (Å²) in [5.41, 5.74) is 2.68. The van der Waals surface area contributed by atoms with Crippen LogP contribution >= 0.6 is 0 Å². The van der Waals surface area contributed by atoms with Gasteiger partial charge in [0.05, 0.1) is 11.6 Å². The standard InChI is InChI=1S/C16H14N2O2/c1-11(18-14-4-2-3-12(7-14)9-17)13-5-6-15-16(8-13)20-10-19-15/h2-8,11,18H,10H2,1H3. The van der Waals surface area contributed by atoms with E-state index in [0.29, 0.717) is 5.56 Å². The largest absolute Gasteiger partial charge is 0.454 e. The molecule has 20 heavy (non-hydrogen) atoms. The van der Waals surface area contributed by atoms with Gasteiger partial charge in [0, 0.05) is 11.7 Å². The molecule has 0 saturated carbocycles.